The topological polar surface area (TPSA) is 39.7 Å². The largest absolute Gasteiger partial charge is 0.357 e. The first kappa shape index (κ1) is 15.3. The Kier molecular flexibility index (Phi) is 6.33. The van der Waals surface area contributed by atoms with E-state index in [1.54, 1.807) is 0 Å². The van der Waals surface area contributed by atoms with E-state index in [-0.39, 0.29) is 0 Å². The van der Waals surface area contributed by atoms with Crippen LogP contribution >= 0.6 is 11.3 Å². The van der Waals surface area contributed by atoms with Gasteiger partial charge in [-0.1, -0.05) is 6.07 Å². The maximum Gasteiger partial charge on any atom is 0.191 e. The molecule has 112 valence electrons. The fourth-order valence-corrected chi connectivity index (χ4v) is 3.46. The predicted octanol–water partition coefficient (Wildman–Crippen LogP) is 2.46. The summed E-state index contributed by atoms with van der Waals surface area (Å²) in [5.74, 6) is 0.927. The van der Waals surface area contributed by atoms with Gasteiger partial charge in [-0.05, 0) is 51.2 Å². The van der Waals surface area contributed by atoms with Crippen LogP contribution in [-0.2, 0) is 0 Å². The molecule has 1 aliphatic heterocycles. The Morgan fingerprint density at radius 1 is 1.30 bits per heavy atom. The first-order valence-electron chi connectivity index (χ1n) is 7.64. The summed E-state index contributed by atoms with van der Waals surface area (Å²) in [6.07, 6.45) is 2.64. The summed E-state index contributed by atoms with van der Waals surface area (Å²) in [7, 11) is 0. The molecule has 0 aliphatic carbocycles. The molecular formula is C15H26N4S. The molecule has 1 atom stereocenters. The summed E-state index contributed by atoms with van der Waals surface area (Å²) in [5, 5.41) is 8.76. The molecule has 0 saturated carbocycles. The summed E-state index contributed by atoms with van der Waals surface area (Å²) in [4.78, 5) is 8.77. The molecular weight excluding hydrogens is 268 g/mol. The molecule has 0 radical (unpaired) electrons. The van der Waals surface area contributed by atoms with Crippen LogP contribution in [0.5, 0.6) is 0 Å². The number of thiophene rings is 1. The number of rotatable bonds is 6. The Bertz CT molecular complexity index is 388. The number of aliphatic imine (C=N–C) groups is 1. The molecule has 0 aromatic carbocycles. The normalized spacial score (nSPS) is 16.9. The van der Waals surface area contributed by atoms with Crippen LogP contribution in [0.25, 0.3) is 0 Å². The Balaban J connectivity index is 2.05. The lowest BCUT2D eigenvalue weighted by molar-refractivity contribution is 0.255. The van der Waals surface area contributed by atoms with Gasteiger partial charge in [0.15, 0.2) is 5.96 Å². The van der Waals surface area contributed by atoms with Gasteiger partial charge in [-0.2, -0.15) is 0 Å². The van der Waals surface area contributed by atoms with Crippen molar-refractivity contribution in [2.45, 2.75) is 32.7 Å². The number of likely N-dealkylation sites (tertiary alicyclic amines) is 1. The molecule has 0 amide bonds. The molecule has 1 aromatic heterocycles. The average Bonchev–Trinajstić information content (AvgIpc) is 3.13. The van der Waals surface area contributed by atoms with Crippen LogP contribution in [0.4, 0.5) is 0 Å². The van der Waals surface area contributed by atoms with E-state index >= 15 is 0 Å². The van der Waals surface area contributed by atoms with Crippen molar-refractivity contribution < 1.29 is 0 Å². The summed E-state index contributed by atoms with van der Waals surface area (Å²) >= 11 is 1.84. The Morgan fingerprint density at radius 2 is 2.00 bits per heavy atom. The molecule has 2 N–H and O–H groups in total. The zero-order valence-electron chi connectivity index (χ0n) is 12.6. The van der Waals surface area contributed by atoms with E-state index < -0.39 is 0 Å². The van der Waals surface area contributed by atoms with E-state index in [9.17, 15) is 0 Å². The van der Waals surface area contributed by atoms with Crippen molar-refractivity contribution in [3.8, 4) is 0 Å². The summed E-state index contributed by atoms with van der Waals surface area (Å²) in [6.45, 7) is 9.24. The second kappa shape index (κ2) is 8.27. The monoisotopic (exact) mass is 294 g/mol. The number of hydrogen-bond donors (Lipinski definition) is 2. The third-order valence-electron chi connectivity index (χ3n) is 3.56. The van der Waals surface area contributed by atoms with Gasteiger partial charge >= 0.3 is 0 Å². The zero-order chi connectivity index (χ0) is 14.2. The smallest absolute Gasteiger partial charge is 0.191 e. The third kappa shape index (κ3) is 4.21. The minimum Gasteiger partial charge on any atom is -0.357 e. The standard InChI is InChI=1S/C15H26N4S/c1-3-16-15(17-4-2)18-12-13(14-8-7-11-20-14)19-9-5-6-10-19/h7-8,11,13H,3-6,9-10,12H2,1-2H3,(H2,16,17,18). The Morgan fingerprint density at radius 3 is 2.55 bits per heavy atom. The SMILES string of the molecule is CCNC(=NCC(c1cccs1)N1CCCC1)NCC. The van der Waals surface area contributed by atoms with Gasteiger partial charge in [0, 0.05) is 18.0 Å². The molecule has 2 rings (SSSR count). The molecule has 1 unspecified atom stereocenters. The molecule has 1 aliphatic rings. The molecule has 0 spiro atoms. The zero-order valence-corrected chi connectivity index (χ0v) is 13.4. The summed E-state index contributed by atoms with van der Waals surface area (Å²) in [5.41, 5.74) is 0. The maximum atomic E-state index is 4.76. The molecule has 20 heavy (non-hydrogen) atoms. The molecule has 1 aromatic rings. The van der Waals surface area contributed by atoms with E-state index in [2.05, 4.69) is 46.9 Å². The van der Waals surface area contributed by atoms with Crippen LogP contribution in [-0.4, -0.2) is 43.6 Å². The highest BCUT2D eigenvalue weighted by Crippen LogP contribution is 2.28. The van der Waals surface area contributed by atoms with Gasteiger partial charge in [-0.25, -0.2) is 0 Å². The van der Waals surface area contributed by atoms with Crippen LogP contribution in [0.15, 0.2) is 22.5 Å². The van der Waals surface area contributed by atoms with Crippen LogP contribution in [0, 0.1) is 0 Å². The lowest BCUT2D eigenvalue weighted by Crippen LogP contribution is -2.38. The van der Waals surface area contributed by atoms with Gasteiger partial charge in [0.2, 0.25) is 0 Å². The second-order valence-electron chi connectivity index (χ2n) is 5.02. The second-order valence-corrected chi connectivity index (χ2v) is 6.00. The van der Waals surface area contributed by atoms with E-state index in [4.69, 9.17) is 4.99 Å². The van der Waals surface area contributed by atoms with Crippen LogP contribution < -0.4 is 10.6 Å². The molecule has 0 bridgehead atoms. The van der Waals surface area contributed by atoms with Crippen LogP contribution in [0.1, 0.15) is 37.6 Å². The van der Waals surface area contributed by atoms with Crippen molar-refractivity contribution >= 4 is 17.3 Å². The predicted molar refractivity (Wildman–Crippen MR) is 87.5 cm³/mol. The van der Waals surface area contributed by atoms with Gasteiger partial charge in [0.1, 0.15) is 0 Å². The highest BCUT2D eigenvalue weighted by Gasteiger charge is 2.23. The number of hydrogen-bond acceptors (Lipinski definition) is 3. The maximum absolute atomic E-state index is 4.76. The van der Waals surface area contributed by atoms with Crippen LogP contribution in [0.2, 0.25) is 0 Å². The molecule has 1 saturated heterocycles. The van der Waals surface area contributed by atoms with Gasteiger partial charge in [-0.15, -0.1) is 11.3 Å². The average molecular weight is 294 g/mol. The quantitative estimate of drug-likeness (QED) is 0.625. The van der Waals surface area contributed by atoms with E-state index in [1.165, 1.54) is 30.8 Å². The lowest BCUT2D eigenvalue weighted by Gasteiger charge is -2.25. The summed E-state index contributed by atoms with van der Waals surface area (Å²) < 4.78 is 0. The summed E-state index contributed by atoms with van der Waals surface area (Å²) in [6, 6.07) is 4.82. The number of guanidine groups is 1. The van der Waals surface area contributed by atoms with Crippen molar-refractivity contribution in [1.82, 2.24) is 15.5 Å². The van der Waals surface area contributed by atoms with Crippen molar-refractivity contribution in [2.75, 3.05) is 32.7 Å². The highest BCUT2D eigenvalue weighted by atomic mass is 32.1. The molecule has 1 fully saturated rings. The van der Waals surface area contributed by atoms with Crippen molar-refractivity contribution in [3.63, 3.8) is 0 Å². The van der Waals surface area contributed by atoms with Gasteiger partial charge in [0.25, 0.3) is 0 Å². The first-order valence-corrected chi connectivity index (χ1v) is 8.52. The lowest BCUT2D eigenvalue weighted by atomic mass is 10.2. The number of nitrogens with zero attached hydrogens (tertiary/aromatic N) is 2. The fourth-order valence-electron chi connectivity index (χ4n) is 2.61. The Hall–Kier alpha value is -1.07. The highest BCUT2D eigenvalue weighted by molar-refractivity contribution is 7.10. The van der Waals surface area contributed by atoms with Crippen molar-refractivity contribution in [3.05, 3.63) is 22.4 Å². The van der Waals surface area contributed by atoms with Crippen molar-refractivity contribution in [1.29, 1.82) is 0 Å². The molecule has 5 heteroatoms. The number of nitrogens with one attached hydrogen (secondary N) is 2. The first-order chi connectivity index (χ1) is 9.85. The molecule has 2 heterocycles. The minimum atomic E-state index is 0.435. The van der Waals surface area contributed by atoms with Gasteiger partial charge < -0.3 is 10.6 Å². The fraction of sp³-hybridized carbons (Fsp3) is 0.667. The van der Waals surface area contributed by atoms with Crippen molar-refractivity contribution in [2.24, 2.45) is 4.99 Å². The Labute approximate surface area is 126 Å². The van der Waals surface area contributed by atoms with Gasteiger partial charge in [-0.3, -0.25) is 9.89 Å². The van der Waals surface area contributed by atoms with Gasteiger partial charge in [0.05, 0.1) is 12.6 Å². The molecule has 4 nitrogen and oxygen atoms in total. The van der Waals surface area contributed by atoms with E-state index in [1.807, 2.05) is 11.3 Å². The van der Waals surface area contributed by atoms with E-state index in [0.717, 1.165) is 25.6 Å². The van der Waals surface area contributed by atoms with Crippen LogP contribution in [0.3, 0.4) is 0 Å². The minimum absolute atomic E-state index is 0.435. The van der Waals surface area contributed by atoms with E-state index in [0.29, 0.717) is 6.04 Å². The third-order valence-corrected chi connectivity index (χ3v) is 4.54.